The van der Waals surface area contributed by atoms with Crippen LogP contribution in [0.3, 0.4) is 0 Å². The first kappa shape index (κ1) is 12.1. The minimum atomic E-state index is -0.860. The largest absolute Gasteiger partial charge is 0.481 e. The normalized spacial score (nSPS) is 10.1. The number of ether oxygens (including phenoxy) is 1. The van der Waals surface area contributed by atoms with Crippen LogP contribution >= 0.6 is 0 Å². The van der Waals surface area contributed by atoms with E-state index in [2.05, 4.69) is 4.98 Å². The van der Waals surface area contributed by atoms with Gasteiger partial charge in [0.15, 0.2) is 0 Å². The van der Waals surface area contributed by atoms with Crippen LogP contribution in [0.1, 0.15) is 11.1 Å². The van der Waals surface area contributed by atoms with E-state index in [0.29, 0.717) is 17.2 Å². The van der Waals surface area contributed by atoms with E-state index >= 15 is 0 Å². The Balaban J connectivity index is 2.16. The van der Waals surface area contributed by atoms with Crippen molar-refractivity contribution in [3.63, 3.8) is 0 Å². The molecule has 0 amide bonds. The van der Waals surface area contributed by atoms with Crippen LogP contribution in [0.15, 0.2) is 42.6 Å². The Morgan fingerprint density at radius 2 is 2.17 bits per heavy atom. The lowest BCUT2D eigenvalue weighted by molar-refractivity contribution is -0.136. The van der Waals surface area contributed by atoms with Gasteiger partial charge in [-0.2, -0.15) is 0 Å². The van der Waals surface area contributed by atoms with E-state index < -0.39 is 5.97 Å². The molecule has 1 aromatic carbocycles. The maximum absolute atomic E-state index is 10.6. The molecule has 0 atom stereocenters. The van der Waals surface area contributed by atoms with Gasteiger partial charge < -0.3 is 9.84 Å². The van der Waals surface area contributed by atoms with Gasteiger partial charge in [0.25, 0.3) is 0 Å². The molecule has 1 N–H and O–H groups in total. The summed E-state index contributed by atoms with van der Waals surface area (Å²) in [6.45, 7) is 1.95. The fourth-order valence-corrected chi connectivity index (χ4v) is 1.58. The molecule has 2 rings (SSSR count). The lowest BCUT2D eigenvalue weighted by Gasteiger charge is -2.06. The summed E-state index contributed by atoms with van der Waals surface area (Å²) in [6.07, 6.45) is 1.66. The third kappa shape index (κ3) is 3.31. The molecule has 18 heavy (non-hydrogen) atoms. The van der Waals surface area contributed by atoms with Gasteiger partial charge in [0.05, 0.1) is 6.42 Å². The Kier molecular flexibility index (Phi) is 3.57. The summed E-state index contributed by atoms with van der Waals surface area (Å²) in [6, 6.07) is 10.7. The predicted molar refractivity (Wildman–Crippen MR) is 66.8 cm³/mol. The van der Waals surface area contributed by atoms with E-state index in [1.54, 1.807) is 30.5 Å². The van der Waals surface area contributed by atoms with E-state index in [0.717, 1.165) is 5.56 Å². The van der Waals surface area contributed by atoms with Gasteiger partial charge in [0.2, 0.25) is 5.88 Å². The van der Waals surface area contributed by atoms with Crippen molar-refractivity contribution < 1.29 is 14.6 Å². The molecule has 0 saturated carbocycles. The number of aromatic nitrogens is 1. The summed E-state index contributed by atoms with van der Waals surface area (Å²) in [5.74, 6) is 0.232. The van der Waals surface area contributed by atoms with Crippen molar-refractivity contribution in [1.29, 1.82) is 0 Å². The van der Waals surface area contributed by atoms with Crippen LogP contribution in [-0.2, 0) is 11.2 Å². The smallest absolute Gasteiger partial charge is 0.307 e. The monoisotopic (exact) mass is 243 g/mol. The highest BCUT2D eigenvalue weighted by Crippen LogP contribution is 2.21. The Bertz CT molecular complexity index is 566. The molecule has 1 aromatic heterocycles. The molecule has 0 unspecified atom stereocenters. The number of rotatable bonds is 4. The van der Waals surface area contributed by atoms with Crippen molar-refractivity contribution in [1.82, 2.24) is 4.98 Å². The van der Waals surface area contributed by atoms with E-state index in [1.807, 2.05) is 19.1 Å². The molecule has 92 valence electrons. The summed E-state index contributed by atoms with van der Waals surface area (Å²) in [5.41, 5.74) is 1.76. The summed E-state index contributed by atoms with van der Waals surface area (Å²) < 4.78 is 5.58. The number of hydrogen-bond donors (Lipinski definition) is 1. The topological polar surface area (TPSA) is 59.4 Å². The highest BCUT2D eigenvalue weighted by atomic mass is 16.5. The van der Waals surface area contributed by atoms with Crippen LogP contribution in [0.2, 0.25) is 0 Å². The molecule has 0 fully saturated rings. The van der Waals surface area contributed by atoms with Crippen LogP contribution < -0.4 is 4.74 Å². The number of carboxylic acids is 1. The lowest BCUT2D eigenvalue weighted by atomic mass is 10.1. The summed E-state index contributed by atoms with van der Waals surface area (Å²) in [4.78, 5) is 14.7. The maximum atomic E-state index is 10.6. The predicted octanol–water partition coefficient (Wildman–Crippen LogP) is 2.81. The molecular formula is C14H13NO3. The van der Waals surface area contributed by atoms with Gasteiger partial charge in [0.1, 0.15) is 5.75 Å². The molecule has 0 aliphatic rings. The van der Waals surface area contributed by atoms with Crippen molar-refractivity contribution in [2.45, 2.75) is 13.3 Å². The highest BCUT2D eigenvalue weighted by Gasteiger charge is 2.03. The van der Waals surface area contributed by atoms with Gasteiger partial charge >= 0.3 is 5.97 Å². The fraction of sp³-hybridized carbons (Fsp3) is 0.143. The molecule has 0 aliphatic heterocycles. The Morgan fingerprint density at radius 1 is 1.33 bits per heavy atom. The first-order valence-corrected chi connectivity index (χ1v) is 5.55. The third-order valence-corrected chi connectivity index (χ3v) is 2.37. The van der Waals surface area contributed by atoms with Crippen molar-refractivity contribution in [3.05, 3.63) is 53.7 Å². The second-order valence-electron chi connectivity index (χ2n) is 3.99. The van der Waals surface area contributed by atoms with Crippen LogP contribution in [0.4, 0.5) is 0 Å². The van der Waals surface area contributed by atoms with E-state index in [1.165, 1.54) is 0 Å². The van der Waals surface area contributed by atoms with Gasteiger partial charge in [-0.15, -0.1) is 0 Å². The van der Waals surface area contributed by atoms with Gasteiger partial charge in [-0.3, -0.25) is 4.79 Å². The SMILES string of the molecule is Cc1ccnc(Oc2cccc(CC(=O)O)c2)c1. The third-order valence-electron chi connectivity index (χ3n) is 2.37. The minimum Gasteiger partial charge on any atom is -0.481 e. The molecule has 2 aromatic rings. The zero-order chi connectivity index (χ0) is 13.0. The second-order valence-corrected chi connectivity index (χ2v) is 3.99. The first-order valence-electron chi connectivity index (χ1n) is 5.55. The number of aryl methyl sites for hydroxylation is 1. The average Bonchev–Trinajstić information content (AvgIpc) is 2.28. The summed E-state index contributed by atoms with van der Waals surface area (Å²) in [5, 5.41) is 8.73. The molecule has 0 saturated heterocycles. The Hall–Kier alpha value is -2.36. The molecule has 1 heterocycles. The number of pyridine rings is 1. The van der Waals surface area contributed by atoms with Crippen molar-refractivity contribution >= 4 is 5.97 Å². The fourth-order valence-electron chi connectivity index (χ4n) is 1.58. The second kappa shape index (κ2) is 5.31. The number of carboxylic acid groups (broad SMARTS) is 1. The zero-order valence-electron chi connectivity index (χ0n) is 9.96. The first-order chi connectivity index (χ1) is 8.63. The van der Waals surface area contributed by atoms with Crippen LogP contribution in [-0.4, -0.2) is 16.1 Å². The zero-order valence-corrected chi connectivity index (χ0v) is 9.96. The average molecular weight is 243 g/mol. The number of benzene rings is 1. The van der Waals surface area contributed by atoms with Crippen LogP contribution in [0, 0.1) is 6.92 Å². The minimum absolute atomic E-state index is 0.0154. The number of nitrogens with zero attached hydrogens (tertiary/aromatic N) is 1. The molecule has 4 heteroatoms. The van der Waals surface area contributed by atoms with Gasteiger partial charge in [0, 0.05) is 12.3 Å². The van der Waals surface area contributed by atoms with Crippen LogP contribution in [0.25, 0.3) is 0 Å². The highest BCUT2D eigenvalue weighted by molar-refractivity contribution is 5.70. The molecule has 0 aliphatic carbocycles. The van der Waals surface area contributed by atoms with Crippen molar-refractivity contribution in [2.24, 2.45) is 0 Å². The summed E-state index contributed by atoms with van der Waals surface area (Å²) in [7, 11) is 0. The van der Waals surface area contributed by atoms with E-state index in [9.17, 15) is 4.79 Å². The van der Waals surface area contributed by atoms with Crippen molar-refractivity contribution in [3.8, 4) is 11.6 Å². The molecule has 0 spiro atoms. The molecule has 0 bridgehead atoms. The molecule has 0 radical (unpaired) electrons. The Labute approximate surface area is 105 Å². The summed E-state index contributed by atoms with van der Waals surface area (Å²) >= 11 is 0. The van der Waals surface area contributed by atoms with Crippen molar-refractivity contribution in [2.75, 3.05) is 0 Å². The number of hydrogen-bond acceptors (Lipinski definition) is 3. The lowest BCUT2D eigenvalue weighted by Crippen LogP contribution is -2.00. The van der Waals surface area contributed by atoms with Gasteiger partial charge in [-0.25, -0.2) is 4.98 Å². The molecular weight excluding hydrogens is 230 g/mol. The van der Waals surface area contributed by atoms with E-state index in [-0.39, 0.29) is 6.42 Å². The van der Waals surface area contributed by atoms with Crippen LogP contribution in [0.5, 0.6) is 11.6 Å². The van der Waals surface area contributed by atoms with Gasteiger partial charge in [-0.05, 0) is 36.2 Å². The molecule has 4 nitrogen and oxygen atoms in total. The van der Waals surface area contributed by atoms with E-state index in [4.69, 9.17) is 9.84 Å². The quantitative estimate of drug-likeness (QED) is 0.897. The number of carbonyl (C=O) groups is 1. The van der Waals surface area contributed by atoms with Gasteiger partial charge in [-0.1, -0.05) is 12.1 Å². The number of aliphatic carboxylic acids is 1. The maximum Gasteiger partial charge on any atom is 0.307 e. The standard InChI is InChI=1S/C14H13NO3/c1-10-5-6-15-13(7-10)18-12-4-2-3-11(8-12)9-14(16)17/h2-8H,9H2,1H3,(H,16,17). The Morgan fingerprint density at radius 3 is 2.89 bits per heavy atom.